The van der Waals surface area contributed by atoms with E-state index in [-0.39, 0.29) is 12.5 Å². The second kappa shape index (κ2) is 6.79. The van der Waals surface area contributed by atoms with Crippen LogP contribution in [0.5, 0.6) is 5.75 Å². The van der Waals surface area contributed by atoms with Crippen LogP contribution in [0.4, 0.5) is 0 Å². The molecular weight excluding hydrogens is 292 g/mol. The minimum atomic E-state index is -0.189. The molecule has 0 radical (unpaired) electrons. The van der Waals surface area contributed by atoms with Gasteiger partial charge < -0.3 is 14.6 Å². The van der Waals surface area contributed by atoms with Gasteiger partial charge in [-0.1, -0.05) is 47.6 Å². The van der Waals surface area contributed by atoms with Crippen molar-refractivity contribution < 1.29 is 14.1 Å². The monoisotopic (exact) mass is 308 g/mol. The van der Waals surface area contributed by atoms with Crippen LogP contribution in [-0.2, 0) is 6.61 Å². The lowest BCUT2D eigenvalue weighted by atomic mass is 10.1. The lowest BCUT2D eigenvalue weighted by molar-refractivity contribution is 0.0958. The summed E-state index contributed by atoms with van der Waals surface area (Å²) >= 11 is 0. The molecule has 0 aliphatic heterocycles. The smallest absolute Gasteiger partial charge is 0.254 e. The van der Waals surface area contributed by atoms with Crippen LogP contribution in [0.25, 0.3) is 11.3 Å². The van der Waals surface area contributed by atoms with Crippen LogP contribution in [0.15, 0.2) is 65.2 Å². The van der Waals surface area contributed by atoms with E-state index in [1.54, 1.807) is 25.2 Å². The summed E-state index contributed by atoms with van der Waals surface area (Å²) in [5.74, 6) is 1.01. The fourth-order valence-electron chi connectivity index (χ4n) is 2.18. The van der Waals surface area contributed by atoms with Gasteiger partial charge in [-0.3, -0.25) is 4.79 Å². The lowest BCUT2D eigenvalue weighted by Crippen LogP contribution is -2.18. The van der Waals surface area contributed by atoms with Gasteiger partial charge in [0.15, 0.2) is 5.76 Å². The van der Waals surface area contributed by atoms with Gasteiger partial charge in [-0.15, -0.1) is 0 Å². The van der Waals surface area contributed by atoms with Crippen molar-refractivity contribution >= 4 is 5.91 Å². The van der Waals surface area contributed by atoms with Crippen molar-refractivity contribution in [2.45, 2.75) is 6.61 Å². The van der Waals surface area contributed by atoms with Gasteiger partial charge in [0.1, 0.15) is 18.1 Å². The minimum absolute atomic E-state index is 0.189. The third-order valence-electron chi connectivity index (χ3n) is 3.35. The molecule has 5 nitrogen and oxygen atoms in total. The molecule has 0 aliphatic carbocycles. The first-order valence-corrected chi connectivity index (χ1v) is 7.23. The maximum atomic E-state index is 11.8. The number of nitrogens with one attached hydrogen (secondary N) is 1. The van der Waals surface area contributed by atoms with Crippen molar-refractivity contribution in [2.75, 3.05) is 7.05 Å². The number of carbonyl (C=O) groups excluding carboxylic acids is 1. The maximum absolute atomic E-state index is 11.8. The quantitative estimate of drug-likeness (QED) is 0.785. The van der Waals surface area contributed by atoms with E-state index < -0.39 is 0 Å². The molecule has 0 saturated heterocycles. The predicted octanol–water partition coefficient (Wildman–Crippen LogP) is 3.28. The highest BCUT2D eigenvalue weighted by Crippen LogP contribution is 2.22. The first-order valence-electron chi connectivity index (χ1n) is 7.23. The Bertz CT molecular complexity index is 797. The third-order valence-corrected chi connectivity index (χ3v) is 3.35. The normalized spacial score (nSPS) is 10.3. The molecule has 2 aromatic carbocycles. The maximum Gasteiger partial charge on any atom is 0.254 e. The van der Waals surface area contributed by atoms with Crippen LogP contribution in [-0.4, -0.2) is 18.1 Å². The first-order chi connectivity index (χ1) is 11.3. The molecule has 0 atom stereocenters. The molecule has 3 aromatic rings. The molecule has 0 aliphatic rings. The van der Waals surface area contributed by atoms with E-state index in [2.05, 4.69) is 10.5 Å². The van der Waals surface area contributed by atoms with Gasteiger partial charge in [-0.05, 0) is 12.1 Å². The van der Waals surface area contributed by atoms with Crippen LogP contribution < -0.4 is 10.1 Å². The molecule has 0 spiro atoms. The Morgan fingerprint density at radius 3 is 2.65 bits per heavy atom. The van der Waals surface area contributed by atoms with E-state index in [0.29, 0.717) is 22.8 Å². The van der Waals surface area contributed by atoms with E-state index in [0.717, 1.165) is 5.56 Å². The zero-order chi connectivity index (χ0) is 16.1. The number of amides is 1. The van der Waals surface area contributed by atoms with Gasteiger partial charge in [0.2, 0.25) is 0 Å². The van der Waals surface area contributed by atoms with Crippen LogP contribution in [0.2, 0.25) is 0 Å². The molecule has 1 N–H and O–H groups in total. The number of ether oxygens (including phenoxy) is 1. The van der Waals surface area contributed by atoms with Crippen LogP contribution in [0.3, 0.4) is 0 Å². The molecule has 23 heavy (non-hydrogen) atoms. The topological polar surface area (TPSA) is 64.4 Å². The fraction of sp³-hybridized carbons (Fsp3) is 0.111. The second-order valence-corrected chi connectivity index (χ2v) is 4.91. The van der Waals surface area contributed by atoms with Crippen LogP contribution in [0, 0.1) is 0 Å². The van der Waals surface area contributed by atoms with E-state index in [4.69, 9.17) is 9.26 Å². The number of nitrogens with zero attached hydrogens (tertiary/aromatic N) is 1. The molecule has 0 unspecified atom stereocenters. The summed E-state index contributed by atoms with van der Waals surface area (Å²) in [6, 6.07) is 18.6. The largest absolute Gasteiger partial charge is 0.486 e. The molecule has 1 amide bonds. The van der Waals surface area contributed by atoms with Gasteiger partial charge in [-0.2, -0.15) is 0 Å². The minimum Gasteiger partial charge on any atom is -0.486 e. The summed E-state index contributed by atoms with van der Waals surface area (Å²) in [5.41, 5.74) is 2.11. The molecule has 0 saturated carbocycles. The summed E-state index contributed by atoms with van der Waals surface area (Å²) in [6.45, 7) is 0.227. The molecule has 1 heterocycles. The number of benzene rings is 2. The lowest BCUT2D eigenvalue weighted by Gasteiger charge is -2.08. The highest BCUT2D eigenvalue weighted by Gasteiger charge is 2.12. The Hall–Kier alpha value is -3.08. The molecule has 116 valence electrons. The van der Waals surface area contributed by atoms with E-state index in [1.165, 1.54) is 0 Å². The third kappa shape index (κ3) is 3.40. The predicted molar refractivity (Wildman–Crippen MR) is 86.1 cm³/mol. The second-order valence-electron chi connectivity index (χ2n) is 4.91. The molecule has 0 fully saturated rings. The van der Waals surface area contributed by atoms with Crippen molar-refractivity contribution in [3.63, 3.8) is 0 Å². The average molecular weight is 308 g/mol. The molecular formula is C18H16N2O3. The molecule has 5 heteroatoms. The highest BCUT2D eigenvalue weighted by molar-refractivity contribution is 5.96. The van der Waals surface area contributed by atoms with Crippen LogP contribution in [0.1, 0.15) is 16.1 Å². The number of hydrogen-bond donors (Lipinski definition) is 1. The van der Waals surface area contributed by atoms with Crippen molar-refractivity contribution in [2.24, 2.45) is 0 Å². The zero-order valence-corrected chi connectivity index (χ0v) is 12.7. The molecule has 0 bridgehead atoms. The standard InChI is InChI=1S/C18H16N2O3/c1-19-18(21)15-9-5-6-10-16(15)22-12-14-11-17(23-20-14)13-7-3-2-4-8-13/h2-11H,12H2,1H3,(H,19,21). The van der Waals surface area contributed by atoms with Crippen molar-refractivity contribution in [1.29, 1.82) is 0 Å². The highest BCUT2D eigenvalue weighted by atomic mass is 16.5. The summed E-state index contributed by atoms with van der Waals surface area (Å²) in [6.07, 6.45) is 0. The van der Waals surface area contributed by atoms with Crippen LogP contribution >= 0.6 is 0 Å². The van der Waals surface area contributed by atoms with Crippen molar-refractivity contribution in [1.82, 2.24) is 10.5 Å². The van der Waals surface area contributed by atoms with Gasteiger partial charge >= 0.3 is 0 Å². The SMILES string of the molecule is CNC(=O)c1ccccc1OCc1cc(-c2ccccc2)on1. The Kier molecular flexibility index (Phi) is 4.38. The van der Waals surface area contributed by atoms with Crippen molar-refractivity contribution in [3.8, 4) is 17.1 Å². The number of para-hydroxylation sites is 1. The molecule has 1 aromatic heterocycles. The number of aromatic nitrogens is 1. The Balaban J connectivity index is 1.73. The van der Waals surface area contributed by atoms with Gasteiger partial charge in [0, 0.05) is 18.7 Å². The number of rotatable bonds is 5. The Labute approximate surface area is 133 Å². The average Bonchev–Trinajstić information content (AvgIpc) is 3.09. The Morgan fingerprint density at radius 2 is 1.87 bits per heavy atom. The summed E-state index contributed by atoms with van der Waals surface area (Å²) in [5, 5.41) is 6.59. The van der Waals surface area contributed by atoms with Gasteiger partial charge in [0.25, 0.3) is 5.91 Å². The summed E-state index contributed by atoms with van der Waals surface area (Å²) in [7, 11) is 1.59. The van der Waals surface area contributed by atoms with Crippen molar-refractivity contribution in [3.05, 3.63) is 71.9 Å². The van der Waals surface area contributed by atoms with Gasteiger partial charge in [0.05, 0.1) is 5.56 Å². The first kappa shape index (κ1) is 14.8. The Morgan fingerprint density at radius 1 is 1.13 bits per heavy atom. The van der Waals surface area contributed by atoms with E-state index in [1.807, 2.05) is 42.5 Å². The molecule has 3 rings (SSSR count). The zero-order valence-electron chi connectivity index (χ0n) is 12.7. The summed E-state index contributed by atoms with van der Waals surface area (Å²) < 4.78 is 11.0. The van der Waals surface area contributed by atoms with E-state index >= 15 is 0 Å². The van der Waals surface area contributed by atoms with E-state index in [9.17, 15) is 4.79 Å². The fourth-order valence-corrected chi connectivity index (χ4v) is 2.18. The number of hydrogen-bond acceptors (Lipinski definition) is 4. The summed E-state index contributed by atoms with van der Waals surface area (Å²) in [4.78, 5) is 11.8. The van der Waals surface area contributed by atoms with Gasteiger partial charge in [-0.25, -0.2) is 0 Å². The number of carbonyl (C=O) groups is 1.